The van der Waals surface area contributed by atoms with Gasteiger partial charge in [0.05, 0.1) is 0 Å². The second-order valence-electron chi connectivity index (χ2n) is 4.39. The molecule has 0 aliphatic heterocycles. The first-order valence-corrected chi connectivity index (χ1v) is 7.58. The topological polar surface area (TPSA) is 12.0 Å². The number of hydrogen-bond acceptors (Lipinski definition) is 3. The molecule has 16 heavy (non-hydrogen) atoms. The molecule has 1 N–H and O–H groups in total. The van der Waals surface area contributed by atoms with Gasteiger partial charge in [-0.2, -0.15) is 0 Å². The van der Waals surface area contributed by atoms with Crippen LogP contribution >= 0.6 is 22.7 Å². The molecule has 2 aromatic heterocycles. The second-order valence-corrected chi connectivity index (χ2v) is 6.45. The maximum absolute atomic E-state index is 3.45. The summed E-state index contributed by atoms with van der Waals surface area (Å²) in [6.07, 6.45) is 2.50. The van der Waals surface area contributed by atoms with E-state index < -0.39 is 0 Å². The Balaban J connectivity index is 2.17. The second kappa shape index (κ2) is 5.30. The Bertz CT molecular complexity index is 415. The molecule has 0 bridgehead atoms. The zero-order valence-electron chi connectivity index (χ0n) is 10.1. The summed E-state index contributed by atoms with van der Waals surface area (Å²) in [6, 6.07) is 5.11. The van der Waals surface area contributed by atoms with Gasteiger partial charge in [0.25, 0.3) is 0 Å². The lowest BCUT2D eigenvalue weighted by atomic mass is 9.98. The van der Waals surface area contributed by atoms with Gasteiger partial charge in [-0.1, -0.05) is 20.3 Å². The Hall–Kier alpha value is -0.380. The van der Waals surface area contributed by atoms with Crippen LogP contribution in [0.1, 0.15) is 37.6 Å². The number of nitrogens with one attached hydrogen (secondary N) is 1. The number of rotatable bonds is 5. The van der Waals surface area contributed by atoms with Crippen LogP contribution < -0.4 is 5.32 Å². The molecule has 0 aliphatic carbocycles. The maximum Gasteiger partial charge on any atom is 0.0454 e. The van der Waals surface area contributed by atoms with Crippen molar-refractivity contribution in [3.05, 3.63) is 22.4 Å². The number of fused-ring (bicyclic) bond motifs is 1. The zero-order valence-corrected chi connectivity index (χ0v) is 11.8. The predicted molar refractivity (Wildman–Crippen MR) is 75.6 cm³/mol. The Morgan fingerprint density at radius 2 is 2.19 bits per heavy atom. The molecule has 0 radical (unpaired) electrons. The van der Waals surface area contributed by atoms with Crippen LogP contribution in [0.5, 0.6) is 0 Å². The van der Waals surface area contributed by atoms with Crippen LogP contribution in [0.25, 0.3) is 9.40 Å². The van der Waals surface area contributed by atoms with Gasteiger partial charge in [-0.25, -0.2) is 0 Å². The third-order valence-corrected chi connectivity index (χ3v) is 5.39. The molecule has 2 atom stereocenters. The molecule has 88 valence electrons. The smallest absolute Gasteiger partial charge is 0.0454 e. The van der Waals surface area contributed by atoms with Gasteiger partial charge in [0.2, 0.25) is 0 Å². The van der Waals surface area contributed by atoms with Crippen molar-refractivity contribution in [2.24, 2.45) is 5.92 Å². The van der Waals surface area contributed by atoms with Crippen LogP contribution in [-0.2, 0) is 0 Å². The van der Waals surface area contributed by atoms with E-state index in [1.165, 1.54) is 27.1 Å². The zero-order chi connectivity index (χ0) is 11.5. The Labute approximate surface area is 105 Å². The van der Waals surface area contributed by atoms with Crippen LogP contribution in [0, 0.1) is 5.92 Å². The molecule has 0 aromatic carbocycles. The van der Waals surface area contributed by atoms with E-state index in [2.05, 4.69) is 43.7 Å². The Morgan fingerprint density at radius 3 is 2.81 bits per heavy atom. The molecule has 2 rings (SSSR count). The van der Waals surface area contributed by atoms with Crippen molar-refractivity contribution >= 4 is 32.1 Å². The van der Waals surface area contributed by atoms with Crippen LogP contribution in [0.2, 0.25) is 0 Å². The van der Waals surface area contributed by atoms with Crippen molar-refractivity contribution < 1.29 is 0 Å². The summed E-state index contributed by atoms with van der Waals surface area (Å²) < 4.78 is 2.87. The monoisotopic (exact) mass is 253 g/mol. The van der Waals surface area contributed by atoms with Crippen molar-refractivity contribution in [3.8, 4) is 0 Å². The highest BCUT2D eigenvalue weighted by atomic mass is 32.1. The summed E-state index contributed by atoms with van der Waals surface area (Å²) in [4.78, 5) is 1.49. The predicted octanol–water partition coefficient (Wildman–Crippen LogP) is 4.66. The fraction of sp³-hybridized carbons (Fsp3) is 0.538. The van der Waals surface area contributed by atoms with Gasteiger partial charge in [-0.15, -0.1) is 22.7 Å². The molecule has 0 saturated heterocycles. The summed E-state index contributed by atoms with van der Waals surface area (Å²) in [5.41, 5.74) is 0. The molecular formula is C13H19NS2. The Kier molecular flexibility index (Phi) is 4.00. The fourth-order valence-corrected chi connectivity index (χ4v) is 4.14. The molecule has 2 aromatic rings. The van der Waals surface area contributed by atoms with E-state index in [9.17, 15) is 0 Å². The minimum Gasteiger partial charge on any atom is -0.312 e. The highest BCUT2D eigenvalue weighted by molar-refractivity contribution is 7.26. The van der Waals surface area contributed by atoms with Crippen molar-refractivity contribution in [1.29, 1.82) is 0 Å². The lowest BCUT2D eigenvalue weighted by Gasteiger charge is -2.18. The van der Waals surface area contributed by atoms with Crippen LogP contribution in [-0.4, -0.2) is 7.05 Å². The molecule has 0 amide bonds. The molecule has 0 fully saturated rings. The number of thiophene rings is 2. The molecule has 3 heteroatoms. The van der Waals surface area contributed by atoms with Gasteiger partial charge < -0.3 is 5.32 Å². The SMILES string of the molecule is CCC(C)CC(NC)c1cc2sccc2s1. The van der Waals surface area contributed by atoms with Crippen molar-refractivity contribution in [2.45, 2.75) is 32.7 Å². The van der Waals surface area contributed by atoms with E-state index in [1.807, 2.05) is 22.7 Å². The minimum absolute atomic E-state index is 0.527. The molecule has 2 unspecified atom stereocenters. The maximum atomic E-state index is 3.45. The van der Waals surface area contributed by atoms with E-state index in [1.54, 1.807) is 0 Å². The first kappa shape index (κ1) is 12.1. The summed E-state index contributed by atoms with van der Waals surface area (Å²) in [7, 11) is 2.07. The quantitative estimate of drug-likeness (QED) is 0.817. The average molecular weight is 253 g/mol. The minimum atomic E-state index is 0.527. The van der Waals surface area contributed by atoms with Crippen molar-refractivity contribution in [2.75, 3.05) is 7.05 Å². The molecular weight excluding hydrogens is 234 g/mol. The van der Waals surface area contributed by atoms with Gasteiger partial charge >= 0.3 is 0 Å². The first-order chi connectivity index (χ1) is 7.74. The van der Waals surface area contributed by atoms with Gasteiger partial charge in [-0.3, -0.25) is 0 Å². The summed E-state index contributed by atoms with van der Waals surface area (Å²) in [5.74, 6) is 0.789. The first-order valence-electron chi connectivity index (χ1n) is 5.88. The summed E-state index contributed by atoms with van der Waals surface area (Å²) in [5, 5.41) is 5.62. The molecule has 0 spiro atoms. The highest BCUT2D eigenvalue weighted by Crippen LogP contribution is 2.35. The van der Waals surface area contributed by atoms with E-state index in [0.717, 1.165) is 5.92 Å². The van der Waals surface area contributed by atoms with Gasteiger partial charge in [0.1, 0.15) is 0 Å². The molecule has 1 nitrogen and oxygen atoms in total. The normalized spacial score (nSPS) is 15.4. The van der Waals surface area contributed by atoms with Gasteiger partial charge in [0, 0.05) is 20.3 Å². The Morgan fingerprint density at radius 1 is 1.38 bits per heavy atom. The van der Waals surface area contributed by atoms with Crippen molar-refractivity contribution in [1.82, 2.24) is 5.32 Å². The van der Waals surface area contributed by atoms with Gasteiger partial charge in [-0.05, 0) is 36.9 Å². The van der Waals surface area contributed by atoms with E-state index in [0.29, 0.717) is 6.04 Å². The van der Waals surface area contributed by atoms with Crippen LogP contribution in [0.15, 0.2) is 17.5 Å². The lowest BCUT2D eigenvalue weighted by Crippen LogP contribution is -2.17. The standard InChI is InChI=1S/C13H19NS2/c1-4-9(2)7-10(14-3)12-8-13-11(16-12)5-6-15-13/h5-6,8-10,14H,4,7H2,1-3H3. The molecule has 2 heterocycles. The van der Waals surface area contributed by atoms with E-state index in [-0.39, 0.29) is 0 Å². The van der Waals surface area contributed by atoms with Crippen LogP contribution in [0.3, 0.4) is 0 Å². The molecule has 0 saturated carbocycles. The fourth-order valence-electron chi connectivity index (χ4n) is 1.90. The summed E-state index contributed by atoms with van der Waals surface area (Å²) in [6.45, 7) is 4.60. The molecule has 0 aliphatic rings. The van der Waals surface area contributed by atoms with Gasteiger partial charge in [0.15, 0.2) is 0 Å². The van der Waals surface area contributed by atoms with E-state index in [4.69, 9.17) is 0 Å². The average Bonchev–Trinajstić information content (AvgIpc) is 2.85. The van der Waals surface area contributed by atoms with Crippen LogP contribution in [0.4, 0.5) is 0 Å². The lowest BCUT2D eigenvalue weighted by molar-refractivity contribution is 0.426. The highest BCUT2D eigenvalue weighted by Gasteiger charge is 2.15. The third kappa shape index (κ3) is 2.47. The van der Waals surface area contributed by atoms with Crippen molar-refractivity contribution in [3.63, 3.8) is 0 Å². The third-order valence-electron chi connectivity index (χ3n) is 3.19. The summed E-state index contributed by atoms with van der Waals surface area (Å²) >= 11 is 3.78. The van der Waals surface area contributed by atoms with E-state index >= 15 is 0 Å². The number of hydrogen-bond donors (Lipinski definition) is 1. The largest absolute Gasteiger partial charge is 0.312 e.